The van der Waals surface area contributed by atoms with E-state index >= 15 is 0 Å². The lowest BCUT2D eigenvalue weighted by Crippen LogP contribution is -2.97. The molecule has 0 amide bonds. The minimum atomic E-state index is 0.857. The summed E-state index contributed by atoms with van der Waals surface area (Å²) in [6.45, 7) is 0. The zero-order valence-electron chi connectivity index (χ0n) is 14.5. The van der Waals surface area contributed by atoms with Crippen LogP contribution in [0.3, 0.4) is 0 Å². The summed E-state index contributed by atoms with van der Waals surface area (Å²) < 4.78 is 0.857. The maximum absolute atomic E-state index is 2.57. The molecule has 13 aliphatic rings. The van der Waals surface area contributed by atoms with Crippen molar-refractivity contribution < 1.29 is 0 Å². The monoisotopic (exact) mass is 366 g/mol. The van der Waals surface area contributed by atoms with Gasteiger partial charge < -0.3 is 0 Å². The Bertz CT molecular complexity index is 808. The van der Waals surface area contributed by atoms with Crippen LogP contribution in [0.4, 0.5) is 0 Å². The first-order valence-corrected chi connectivity index (χ1v) is 14.0. The van der Waals surface area contributed by atoms with Gasteiger partial charge in [0.1, 0.15) is 0 Å². The van der Waals surface area contributed by atoms with Crippen molar-refractivity contribution in [2.24, 2.45) is 101 Å². The molecule has 25 heavy (non-hydrogen) atoms. The van der Waals surface area contributed by atoms with Gasteiger partial charge in [-0.25, -0.2) is 0 Å². The first-order chi connectivity index (χ1) is 12.4. The van der Waals surface area contributed by atoms with Crippen molar-refractivity contribution in [2.45, 2.75) is 35.7 Å². The fourth-order valence-electron chi connectivity index (χ4n) is 13.7. The van der Waals surface area contributed by atoms with Gasteiger partial charge >= 0.3 is 0 Å². The molecule has 0 aromatic carbocycles. The Hall–Kier alpha value is 0.700. The molecule has 3 heterocycles. The SMILES string of the molecule is C1CC2C3C1SSC14C5C6CCC6C5C1C1C5C6C7C3C2C7C6C5C14. The minimum absolute atomic E-state index is 0.857. The predicted octanol–water partition coefficient (Wildman–Crippen LogP) is 4.66. The molecule has 10 saturated carbocycles. The van der Waals surface area contributed by atoms with Gasteiger partial charge in [0, 0.05) is 10.00 Å². The predicted molar refractivity (Wildman–Crippen MR) is 99.5 cm³/mol. The smallest absolute Gasteiger partial charge is 0.0365 e. The topological polar surface area (TPSA) is 0 Å². The summed E-state index contributed by atoms with van der Waals surface area (Å²) in [5.41, 5.74) is 0. The van der Waals surface area contributed by atoms with Crippen LogP contribution in [-0.2, 0) is 0 Å². The molecule has 10 bridgehead atoms. The molecule has 0 nitrogen and oxygen atoms in total. The molecule has 0 aromatic rings. The summed E-state index contributed by atoms with van der Waals surface area (Å²) in [7, 11) is 5.07. The first-order valence-electron chi connectivity index (χ1n) is 11.8. The van der Waals surface area contributed by atoms with Gasteiger partial charge in [0.05, 0.1) is 0 Å². The van der Waals surface area contributed by atoms with Crippen LogP contribution in [-0.4, -0.2) is 10.00 Å². The second kappa shape index (κ2) is 3.12. The van der Waals surface area contributed by atoms with Gasteiger partial charge in [-0.3, -0.25) is 0 Å². The second-order valence-corrected chi connectivity index (χ2v) is 15.4. The molecular formula is C23H26S2. The van der Waals surface area contributed by atoms with Crippen molar-refractivity contribution >= 4 is 21.6 Å². The van der Waals surface area contributed by atoms with E-state index < -0.39 is 0 Å². The van der Waals surface area contributed by atoms with Gasteiger partial charge in [0.25, 0.3) is 0 Å². The van der Waals surface area contributed by atoms with Gasteiger partial charge in [0.15, 0.2) is 0 Å². The fourth-order valence-corrected chi connectivity index (χ4v) is 18.6. The summed E-state index contributed by atoms with van der Waals surface area (Å²) in [4.78, 5) is 0. The molecule has 130 valence electrons. The molecule has 3 saturated heterocycles. The third kappa shape index (κ3) is 0.793. The van der Waals surface area contributed by atoms with Crippen molar-refractivity contribution in [1.29, 1.82) is 0 Å². The van der Waals surface area contributed by atoms with E-state index in [1.54, 1.807) is 25.7 Å². The summed E-state index contributed by atoms with van der Waals surface area (Å²) >= 11 is 0. The minimum Gasteiger partial charge on any atom is -0.0898 e. The van der Waals surface area contributed by atoms with Crippen LogP contribution in [0.15, 0.2) is 0 Å². The van der Waals surface area contributed by atoms with E-state index in [9.17, 15) is 0 Å². The van der Waals surface area contributed by atoms with E-state index in [4.69, 9.17) is 0 Å². The molecule has 2 heteroatoms. The van der Waals surface area contributed by atoms with Crippen LogP contribution in [0.5, 0.6) is 0 Å². The van der Waals surface area contributed by atoms with Gasteiger partial charge in [0.2, 0.25) is 0 Å². The molecule has 3 aliphatic heterocycles. The Labute approximate surface area is 157 Å². The Morgan fingerprint density at radius 1 is 0.480 bits per heavy atom. The van der Waals surface area contributed by atoms with Crippen molar-refractivity contribution in [1.82, 2.24) is 0 Å². The summed E-state index contributed by atoms with van der Waals surface area (Å²) in [5, 5.41) is 1.09. The van der Waals surface area contributed by atoms with Gasteiger partial charge in [-0.1, -0.05) is 21.6 Å². The molecule has 13 fully saturated rings. The zero-order chi connectivity index (χ0) is 15.1. The fraction of sp³-hybridized carbons (Fsp3) is 1.00. The van der Waals surface area contributed by atoms with Gasteiger partial charge in [-0.15, -0.1) is 0 Å². The lowest BCUT2D eigenvalue weighted by molar-refractivity contribution is -0.479. The van der Waals surface area contributed by atoms with Crippen molar-refractivity contribution in [3.8, 4) is 0 Å². The van der Waals surface area contributed by atoms with E-state index in [1.165, 1.54) is 101 Å². The molecular weight excluding hydrogens is 340 g/mol. The number of fused-ring (bicyclic) bond motifs is 4. The zero-order valence-corrected chi connectivity index (χ0v) is 16.2. The number of hydrogen-bond acceptors (Lipinski definition) is 2. The Morgan fingerprint density at radius 2 is 1.16 bits per heavy atom. The molecule has 0 N–H and O–H groups in total. The quantitative estimate of drug-likeness (QED) is 0.572. The highest BCUT2D eigenvalue weighted by Gasteiger charge is 2.96. The molecule has 19 atom stereocenters. The lowest BCUT2D eigenvalue weighted by atomic mass is 9.08. The van der Waals surface area contributed by atoms with Crippen LogP contribution in [0.2, 0.25) is 0 Å². The molecule has 13 rings (SSSR count). The lowest BCUT2D eigenvalue weighted by Gasteiger charge is -2.98. The second-order valence-electron chi connectivity index (χ2n) is 12.6. The molecule has 10 aliphatic carbocycles. The highest BCUT2D eigenvalue weighted by atomic mass is 33.1. The third-order valence-corrected chi connectivity index (χ3v) is 17.7. The van der Waals surface area contributed by atoms with Crippen LogP contribution in [0, 0.1) is 101 Å². The van der Waals surface area contributed by atoms with Crippen LogP contribution in [0.1, 0.15) is 25.7 Å². The highest BCUT2D eigenvalue weighted by Crippen LogP contribution is 2.99. The summed E-state index contributed by atoms with van der Waals surface area (Å²) in [6, 6.07) is 0. The van der Waals surface area contributed by atoms with E-state index in [-0.39, 0.29) is 0 Å². The van der Waals surface area contributed by atoms with E-state index in [1.807, 2.05) is 0 Å². The maximum Gasteiger partial charge on any atom is 0.0365 e. The van der Waals surface area contributed by atoms with Crippen LogP contribution >= 0.6 is 21.6 Å². The average Bonchev–Trinajstić information content (AvgIpc) is 2.89. The molecule has 19 unspecified atom stereocenters. The van der Waals surface area contributed by atoms with E-state index in [0.717, 1.165) is 10.00 Å². The first kappa shape index (κ1) is 12.3. The standard InChI is InChI=1S/C23H26S2/c1-2-6-5(1)11-20(6)23-21(11)19-17-15-14-12-9-7(3-4-8(9)24-25-23)10(12)13(14)16(15)18(17)22(19)23/h5-22H,1-4H2. The molecule has 1 spiro atoms. The van der Waals surface area contributed by atoms with E-state index in [2.05, 4.69) is 21.6 Å². The van der Waals surface area contributed by atoms with Crippen LogP contribution < -0.4 is 0 Å². The maximum atomic E-state index is 2.57. The van der Waals surface area contributed by atoms with Crippen molar-refractivity contribution in [3.05, 3.63) is 0 Å². The third-order valence-electron chi connectivity index (χ3n) is 13.8. The Kier molecular flexibility index (Phi) is 1.53. The van der Waals surface area contributed by atoms with Gasteiger partial charge in [-0.2, -0.15) is 0 Å². The summed E-state index contributed by atoms with van der Waals surface area (Å²) in [5.74, 6) is 21.4. The Balaban J connectivity index is 1.11. The van der Waals surface area contributed by atoms with Crippen molar-refractivity contribution in [2.75, 3.05) is 0 Å². The van der Waals surface area contributed by atoms with E-state index in [0.29, 0.717) is 0 Å². The summed E-state index contributed by atoms with van der Waals surface area (Å²) in [6.07, 6.45) is 6.51. The highest BCUT2D eigenvalue weighted by molar-refractivity contribution is 8.77. The largest absolute Gasteiger partial charge is 0.0898 e. The number of rotatable bonds is 0. The average molecular weight is 367 g/mol. The Morgan fingerprint density at radius 3 is 2.04 bits per heavy atom. The van der Waals surface area contributed by atoms with Gasteiger partial charge in [-0.05, 0) is 126 Å². The normalized spacial score (nSPS) is 91.2. The van der Waals surface area contributed by atoms with Crippen molar-refractivity contribution in [3.63, 3.8) is 0 Å². The molecule has 0 radical (unpaired) electrons. The number of hydrogen-bond donors (Lipinski definition) is 0. The van der Waals surface area contributed by atoms with Crippen LogP contribution in [0.25, 0.3) is 0 Å². The molecule has 0 aromatic heterocycles.